The number of benzene rings is 1. The summed E-state index contributed by atoms with van der Waals surface area (Å²) in [6.07, 6.45) is 5.66. The smallest absolute Gasteiger partial charge is 0.254 e. The van der Waals surface area contributed by atoms with Crippen LogP contribution in [-0.4, -0.2) is 34.5 Å². The molecule has 118 valence electrons. The van der Waals surface area contributed by atoms with Gasteiger partial charge in [-0.1, -0.05) is 17.7 Å². The molecule has 0 radical (unpaired) electrons. The van der Waals surface area contributed by atoms with Gasteiger partial charge in [-0.3, -0.25) is 9.78 Å². The second-order valence-corrected chi connectivity index (χ2v) is 6.56. The summed E-state index contributed by atoms with van der Waals surface area (Å²) in [6, 6.07) is 12.0. The number of carbonyl (C=O) groups is 1. The highest BCUT2D eigenvalue weighted by Gasteiger charge is 2.47. The van der Waals surface area contributed by atoms with Crippen molar-refractivity contribution in [3.8, 4) is 5.75 Å². The number of rotatable bonds is 3. The van der Waals surface area contributed by atoms with E-state index < -0.39 is 0 Å². The number of amides is 1. The highest BCUT2D eigenvalue weighted by atomic mass is 16.5. The largest absolute Gasteiger partial charge is 0.488 e. The van der Waals surface area contributed by atoms with Crippen molar-refractivity contribution >= 4 is 5.91 Å². The number of aromatic nitrogens is 1. The molecule has 4 heteroatoms. The highest BCUT2D eigenvalue weighted by Crippen LogP contribution is 2.40. The summed E-state index contributed by atoms with van der Waals surface area (Å²) in [5.74, 6) is 1.40. The van der Waals surface area contributed by atoms with E-state index in [1.54, 1.807) is 12.4 Å². The number of hydrogen-bond acceptors (Lipinski definition) is 3. The Morgan fingerprint density at radius 3 is 2.87 bits per heavy atom. The Kier molecular flexibility index (Phi) is 3.52. The maximum absolute atomic E-state index is 12.7. The van der Waals surface area contributed by atoms with Crippen molar-refractivity contribution in [3.05, 3.63) is 59.9 Å². The molecule has 2 aromatic rings. The number of fused-ring (bicyclic) bond motifs is 2. The zero-order chi connectivity index (χ0) is 15.8. The first-order valence-electron chi connectivity index (χ1n) is 8.15. The molecule has 2 heterocycles. The number of carbonyl (C=O) groups excluding carboxylic acids is 1. The Morgan fingerprint density at radius 1 is 1.26 bits per heavy atom. The summed E-state index contributed by atoms with van der Waals surface area (Å²) in [7, 11) is 0. The first-order chi connectivity index (χ1) is 11.2. The number of piperidine rings is 1. The summed E-state index contributed by atoms with van der Waals surface area (Å²) in [4.78, 5) is 18.8. The van der Waals surface area contributed by atoms with E-state index in [1.807, 2.05) is 48.2 Å². The van der Waals surface area contributed by atoms with Crippen LogP contribution < -0.4 is 4.74 Å². The molecule has 23 heavy (non-hydrogen) atoms. The van der Waals surface area contributed by atoms with Crippen LogP contribution >= 0.6 is 0 Å². The second-order valence-electron chi connectivity index (χ2n) is 6.56. The molecule has 1 saturated heterocycles. The molecule has 4 nitrogen and oxygen atoms in total. The fourth-order valence-corrected chi connectivity index (χ4v) is 3.83. The first kappa shape index (κ1) is 14.2. The molecule has 0 spiro atoms. The van der Waals surface area contributed by atoms with Gasteiger partial charge in [0.2, 0.25) is 0 Å². The number of likely N-dealkylation sites (tertiary alicyclic amines) is 1. The Labute approximate surface area is 136 Å². The van der Waals surface area contributed by atoms with E-state index in [0.29, 0.717) is 12.0 Å². The molecule has 4 rings (SSSR count). The van der Waals surface area contributed by atoms with Crippen LogP contribution in [-0.2, 0) is 0 Å². The quantitative estimate of drug-likeness (QED) is 0.875. The zero-order valence-corrected chi connectivity index (χ0v) is 13.2. The molecule has 1 aliphatic carbocycles. The lowest BCUT2D eigenvalue weighted by Crippen LogP contribution is -2.43. The molecule has 1 aromatic carbocycles. The van der Waals surface area contributed by atoms with E-state index in [-0.39, 0.29) is 12.0 Å². The lowest BCUT2D eigenvalue weighted by Gasteiger charge is -2.31. The topological polar surface area (TPSA) is 42.4 Å². The molecule has 2 bridgehead atoms. The molecule has 1 saturated carbocycles. The monoisotopic (exact) mass is 308 g/mol. The minimum absolute atomic E-state index is 0.154. The van der Waals surface area contributed by atoms with Crippen LogP contribution in [0, 0.1) is 12.8 Å². The maximum Gasteiger partial charge on any atom is 0.254 e. The second kappa shape index (κ2) is 5.69. The maximum atomic E-state index is 12.7. The summed E-state index contributed by atoms with van der Waals surface area (Å²) in [5.41, 5.74) is 1.92. The summed E-state index contributed by atoms with van der Waals surface area (Å²) in [6.45, 7) is 2.81. The third-order valence-corrected chi connectivity index (χ3v) is 4.92. The highest BCUT2D eigenvalue weighted by molar-refractivity contribution is 5.94. The van der Waals surface area contributed by atoms with Crippen molar-refractivity contribution in [3.63, 3.8) is 0 Å². The van der Waals surface area contributed by atoms with E-state index in [2.05, 4.69) is 4.98 Å². The average Bonchev–Trinajstić information content (AvgIpc) is 3.15. The van der Waals surface area contributed by atoms with Crippen molar-refractivity contribution in [2.45, 2.75) is 31.9 Å². The van der Waals surface area contributed by atoms with Crippen LogP contribution in [0.1, 0.15) is 28.8 Å². The van der Waals surface area contributed by atoms with Gasteiger partial charge in [0.05, 0.1) is 6.20 Å². The Morgan fingerprint density at radius 2 is 2.17 bits per heavy atom. The molecule has 0 N–H and O–H groups in total. The minimum Gasteiger partial charge on any atom is -0.488 e. The Hall–Kier alpha value is -2.36. The van der Waals surface area contributed by atoms with Crippen LogP contribution in [0.15, 0.2) is 48.8 Å². The molecule has 1 aromatic heterocycles. The standard InChI is InChI=1S/C19H20N2O2/c1-13-4-2-5-14(8-13)19(22)21-12-15-9-16(21)10-18(15)23-17-6-3-7-20-11-17/h2-8,11,15-16,18H,9-10,12H2,1H3/t15-,16+,18+/m1/s1. The molecular weight excluding hydrogens is 288 g/mol. The van der Waals surface area contributed by atoms with E-state index in [1.165, 1.54) is 0 Å². The minimum atomic E-state index is 0.154. The molecule has 2 fully saturated rings. The van der Waals surface area contributed by atoms with Gasteiger partial charge in [-0.15, -0.1) is 0 Å². The van der Waals surface area contributed by atoms with Gasteiger partial charge in [-0.25, -0.2) is 0 Å². The lowest BCUT2D eigenvalue weighted by atomic mass is 10.0. The molecular formula is C19H20N2O2. The number of nitrogens with zero attached hydrogens (tertiary/aromatic N) is 2. The van der Waals surface area contributed by atoms with E-state index >= 15 is 0 Å². The van der Waals surface area contributed by atoms with Crippen LogP contribution in [0.4, 0.5) is 0 Å². The van der Waals surface area contributed by atoms with Crippen LogP contribution in [0.2, 0.25) is 0 Å². The SMILES string of the molecule is Cc1cccc(C(=O)N2C[C@H]3C[C@H]2C[C@@H]3Oc2cccnc2)c1. The summed E-state index contributed by atoms with van der Waals surface area (Å²) in [5, 5.41) is 0. The fourth-order valence-electron chi connectivity index (χ4n) is 3.83. The molecule has 1 aliphatic heterocycles. The molecule has 3 atom stereocenters. The van der Waals surface area contributed by atoms with Crippen molar-refractivity contribution in [2.24, 2.45) is 5.92 Å². The van der Waals surface area contributed by atoms with Crippen LogP contribution in [0.3, 0.4) is 0 Å². The van der Waals surface area contributed by atoms with Gasteiger partial charge < -0.3 is 9.64 Å². The first-order valence-corrected chi connectivity index (χ1v) is 8.15. The van der Waals surface area contributed by atoms with Gasteiger partial charge in [0, 0.05) is 36.7 Å². The summed E-state index contributed by atoms with van der Waals surface area (Å²) >= 11 is 0. The molecule has 0 unspecified atom stereocenters. The third-order valence-electron chi connectivity index (χ3n) is 4.92. The number of aryl methyl sites for hydroxylation is 1. The van der Waals surface area contributed by atoms with E-state index in [9.17, 15) is 4.79 Å². The van der Waals surface area contributed by atoms with Gasteiger partial charge in [0.25, 0.3) is 5.91 Å². The number of ether oxygens (including phenoxy) is 1. The third kappa shape index (κ3) is 2.69. The van der Waals surface area contributed by atoms with Crippen molar-refractivity contribution in [2.75, 3.05) is 6.54 Å². The van der Waals surface area contributed by atoms with E-state index in [0.717, 1.165) is 36.3 Å². The average molecular weight is 308 g/mol. The van der Waals surface area contributed by atoms with Gasteiger partial charge in [0.15, 0.2) is 0 Å². The van der Waals surface area contributed by atoms with E-state index in [4.69, 9.17) is 4.74 Å². The number of hydrogen-bond donors (Lipinski definition) is 0. The number of pyridine rings is 1. The Bertz CT molecular complexity index is 716. The van der Waals surface area contributed by atoms with Gasteiger partial charge in [-0.2, -0.15) is 0 Å². The zero-order valence-electron chi connectivity index (χ0n) is 13.2. The lowest BCUT2D eigenvalue weighted by molar-refractivity contribution is 0.0571. The van der Waals surface area contributed by atoms with Crippen molar-refractivity contribution in [1.29, 1.82) is 0 Å². The van der Waals surface area contributed by atoms with Gasteiger partial charge in [0.1, 0.15) is 11.9 Å². The van der Waals surface area contributed by atoms with Crippen molar-refractivity contribution < 1.29 is 9.53 Å². The normalized spacial score (nSPS) is 25.6. The molecule has 2 aliphatic rings. The predicted molar refractivity (Wildman–Crippen MR) is 87.4 cm³/mol. The van der Waals surface area contributed by atoms with Crippen molar-refractivity contribution in [1.82, 2.24) is 9.88 Å². The van der Waals surface area contributed by atoms with Crippen LogP contribution in [0.5, 0.6) is 5.75 Å². The van der Waals surface area contributed by atoms with Gasteiger partial charge in [-0.05, 0) is 37.6 Å². The van der Waals surface area contributed by atoms with Crippen LogP contribution in [0.25, 0.3) is 0 Å². The Balaban J connectivity index is 1.44. The van der Waals surface area contributed by atoms with Gasteiger partial charge >= 0.3 is 0 Å². The summed E-state index contributed by atoms with van der Waals surface area (Å²) < 4.78 is 6.06. The fraction of sp³-hybridized carbons (Fsp3) is 0.368. The predicted octanol–water partition coefficient (Wildman–Crippen LogP) is 3.07. The molecule has 1 amide bonds.